The molecule has 94 valence electrons. The largest absolute Gasteiger partial charge is 0.397 e. The van der Waals surface area contributed by atoms with Crippen molar-refractivity contribution in [2.45, 2.75) is 0 Å². The van der Waals surface area contributed by atoms with Crippen LogP contribution in [0.1, 0.15) is 0 Å². The molecule has 0 unspecified atom stereocenters. The van der Waals surface area contributed by atoms with E-state index in [0.29, 0.717) is 16.5 Å². The molecule has 0 bridgehead atoms. The Balaban J connectivity index is 2.06. The standard InChI is InChI=1S/C14H11ClN4/c15-12-6-10(16)7-18-14(12)19-13-3-1-2-9-4-5-17-8-11(9)13/h1-8H,16H2,(H,18,19). The van der Waals surface area contributed by atoms with Gasteiger partial charge in [0.15, 0.2) is 0 Å². The van der Waals surface area contributed by atoms with Gasteiger partial charge < -0.3 is 11.1 Å². The zero-order chi connectivity index (χ0) is 13.2. The lowest BCUT2D eigenvalue weighted by molar-refractivity contribution is 1.31. The van der Waals surface area contributed by atoms with Crippen LogP contribution in [0.5, 0.6) is 0 Å². The van der Waals surface area contributed by atoms with Gasteiger partial charge in [-0.25, -0.2) is 4.98 Å². The first-order valence-electron chi connectivity index (χ1n) is 5.75. The number of nitrogens with one attached hydrogen (secondary N) is 1. The molecule has 3 rings (SSSR count). The summed E-state index contributed by atoms with van der Waals surface area (Å²) in [6.07, 6.45) is 5.14. The van der Waals surface area contributed by atoms with Gasteiger partial charge in [0.2, 0.25) is 0 Å². The first-order chi connectivity index (χ1) is 9.24. The maximum absolute atomic E-state index is 6.11. The van der Waals surface area contributed by atoms with Crippen LogP contribution in [0.15, 0.2) is 48.9 Å². The molecule has 19 heavy (non-hydrogen) atoms. The number of rotatable bonds is 2. The van der Waals surface area contributed by atoms with Gasteiger partial charge >= 0.3 is 0 Å². The van der Waals surface area contributed by atoms with E-state index >= 15 is 0 Å². The lowest BCUT2D eigenvalue weighted by Gasteiger charge is -2.10. The number of nitrogens with two attached hydrogens (primary N) is 1. The van der Waals surface area contributed by atoms with Crippen molar-refractivity contribution in [3.05, 3.63) is 53.9 Å². The average Bonchev–Trinajstić information content (AvgIpc) is 2.42. The number of hydrogen-bond donors (Lipinski definition) is 2. The number of pyridine rings is 2. The summed E-state index contributed by atoms with van der Waals surface area (Å²) >= 11 is 6.11. The fourth-order valence-electron chi connectivity index (χ4n) is 1.89. The van der Waals surface area contributed by atoms with E-state index in [0.717, 1.165) is 16.5 Å². The van der Waals surface area contributed by atoms with Crippen molar-refractivity contribution in [2.24, 2.45) is 0 Å². The highest BCUT2D eigenvalue weighted by Gasteiger charge is 2.05. The van der Waals surface area contributed by atoms with E-state index in [1.807, 2.05) is 30.5 Å². The summed E-state index contributed by atoms with van der Waals surface area (Å²) in [5, 5.41) is 5.81. The van der Waals surface area contributed by atoms with Crippen molar-refractivity contribution < 1.29 is 0 Å². The molecule has 0 radical (unpaired) electrons. The highest BCUT2D eigenvalue weighted by Crippen LogP contribution is 2.28. The normalized spacial score (nSPS) is 10.6. The average molecular weight is 271 g/mol. The molecule has 3 N–H and O–H groups in total. The molecule has 1 aromatic carbocycles. The van der Waals surface area contributed by atoms with Crippen LogP contribution in [-0.4, -0.2) is 9.97 Å². The first-order valence-corrected chi connectivity index (χ1v) is 6.12. The number of benzene rings is 1. The Kier molecular flexibility index (Phi) is 2.93. The molecule has 2 heterocycles. The van der Waals surface area contributed by atoms with Gasteiger partial charge in [0.25, 0.3) is 0 Å². The SMILES string of the molecule is Nc1cnc(Nc2cccc3ccncc23)c(Cl)c1. The van der Waals surface area contributed by atoms with Gasteiger partial charge in [-0.15, -0.1) is 0 Å². The number of halogens is 1. The molecule has 0 aliphatic carbocycles. The first kappa shape index (κ1) is 11.7. The van der Waals surface area contributed by atoms with Crippen LogP contribution >= 0.6 is 11.6 Å². The number of nitrogen functional groups attached to an aromatic ring is 1. The van der Waals surface area contributed by atoms with E-state index < -0.39 is 0 Å². The molecule has 2 aromatic heterocycles. The number of hydrogen-bond acceptors (Lipinski definition) is 4. The Bertz CT molecular complexity index is 737. The van der Waals surface area contributed by atoms with Crippen molar-refractivity contribution >= 4 is 39.6 Å². The molecule has 0 saturated carbocycles. The van der Waals surface area contributed by atoms with Crippen molar-refractivity contribution in [3.8, 4) is 0 Å². The van der Waals surface area contributed by atoms with Gasteiger partial charge in [-0.05, 0) is 23.6 Å². The molecule has 4 nitrogen and oxygen atoms in total. The number of aromatic nitrogens is 2. The van der Waals surface area contributed by atoms with E-state index in [1.165, 1.54) is 0 Å². The Morgan fingerprint density at radius 2 is 2.05 bits per heavy atom. The zero-order valence-corrected chi connectivity index (χ0v) is 10.7. The number of fused-ring (bicyclic) bond motifs is 1. The Morgan fingerprint density at radius 3 is 2.89 bits per heavy atom. The molecule has 5 heteroatoms. The molecule has 3 aromatic rings. The smallest absolute Gasteiger partial charge is 0.149 e. The quantitative estimate of drug-likeness (QED) is 0.747. The minimum Gasteiger partial charge on any atom is -0.397 e. The molecule has 0 fully saturated rings. The van der Waals surface area contributed by atoms with Gasteiger partial charge in [-0.2, -0.15) is 0 Å². The topological polar surface area (TPSA) is 63.8 Å². The number of nitrogens with zero attached hydrogens (tertiary/aromatic N) is 2. The van der Waals surface area contributed by atoms with Crippen LogP contribution in [0.2, 0.25) is 5.02 Å². The highest BCUT2D eigenvalue weighted by molar-refractivity contribution is 6.33. The van der Waals surface area contributed by atoms with Crippen LogP contribution in [-0.2, 0) is 0 Å². The molecule has 0 atom stereocenters. The third kappa shape index (κ3) is 2.30. The summed E-state index contributed by atoms with van der Waals surface area (Å²) in [5.41, 5.74) is 7.07. The van der Waals surface area contributed by atoms with Crippen molar-refractivity contribution in [2.75, 3.05) is 11.1 Å². The summed E-state index contributed by atoms with van der Waals surface area (Å²) in [6.45, 7) is 0. The summed E-state index contributed by atoms with van der Waals surface area (Å²) in [7, 11) is 0. The van der Waals surface area contributed by atoms with Gasteiger partial charge in [-0.1, -0.05) is 23.7 Å². The molecular formula is C14H11ClN4. The maximum atomic E-state index is 6.11. The van der Waals surface area contributed by atoms with Crippen LogP contribution < -0.4 is 11.1 Å². The van der Waals surface area contributed by atoms with Crippen molar-refractivity contribution in [1.29, 1.82) is 0 Å². The minimum atomic E-state index is 0.487. The fourth-order valence-corrected chi connectivity index (χ4v) is 2.12. The van der Waals surface area contributed by atoms with E-state index in [-0.39, 0.29) is 0 Å². The third-order valence-electron chi connectivity index (χ3n) is 2.80. The molecule has 0 spiro atoms. The predicted molar refractivity (Wildman–Crippen MR) is 78.7 cm³/mol. The maximum Gasteiger partial charge on any atom is 0.149 e. The molecule has 0 amide bonds. The fraction of sp³-hybridized carbons (Fsp3) is 0. The second-order valence-corrected chi connectivity index (χ2v) is 4.53. The van der Waals surface area contributed by atoms with Crippen LogP contribution in [0.4, 0.5) is 17.2 Å². The van der Waals surface area contributed by atoms with Crippen molar-refractivity contribution in [3.63, 3.8) is 0 Å². The van der Waals surface area contributed by atoms with Gasteiger partial charge in [0, 0.05) is 23.5 Å². The minimum absolute atomic E-state index is 0.487. The second kappa shape index (κ2) is 4.74. The predicted octanol–water partition coefficient (Wildman–Crippen LogP) is 3.61. The number of anilines is 3. The summed E-state index contributed by atoms with van der Waals surface area (Å²) in [5.74, 6) is 0.576. The Labute approximate surface area is 115 Å². The van der Waals surface area contributed by atoms with Crippen molar-refractivity contribution in [1.82, 2.24) is 9.97 Å². The third-order valence-corrected chi connectivity index (χ3v) is 3.09. The summed E-state index contributed by atoms with van der Waals surface area (Å²) in [4.78, 5) is 8.33. The molecular weight excluding hydrogens is 260 g/mol. The Morgan fingerprint density at radius 1 is 1.16 bits per heavy atom. The zero-order valence-electron chi connectivity index (χ0n) is 9.97. The summed E-state index contributed by atoms with van der Waals surface area (Å²) < 4.78 is 0. The lowest BCUT2D eigenvalue weighted by Crippen LogP contribution is -1.97. The van der Waals surface area contributed by atoms with Gasteiger partial charge in [0.1, 0.15) is 5.82 Å². The van der Waals surface area contributed by atoms with Crippen LogP contribution in [0.3, 0.4) is 0 Å². The molecule has 0 aliphatic heterocycles. The van der Waals surface area contributed by atoms with E-state index in [4.69, 9.17) is 17.3 Å². The Hall–Kier alpha value is -2.33. The van der Waals surface area contributed by atoms with E-state index in [2.05, 4.69) is 15.3 Å². The monoisotopic (exact) mass is 270 g/mol. The van der Waals surface area contributed by atoms with Gasteiger partial charge in [0.05, 0.1) is 16.9 Å². The summed E-state index contributed by atoms with van der Waals surface area (Å²) in [6, 6.07) is 9.58. The molecule has 0 saturated heterocycles. The van der Waals surface area contributed by atoms with E-state index in [9.17, 15) is 0 Å². The van der Waals surface area contributed by atoms with Gasteiger partial charge in [-0.3, -0.25) is 4.98 Å². The molecule has 0 aliphatic rings. The highest BCUT2D eigenvalue weighted by atomic mass is 35.5. The van der Waals surface area contributed by atoms with E-state index in [1.54, 1.807) is 18.5 Å². The second-order valence-electron chi connectivity index (χ2n) is 4.13. The van der Waals surface area contributed by atoms with Crippen LogP contribution in [0, 0.1) is 0 Å². The van der Waals surface area contributed by atoms with Crippen LogP contribution in [0.25, 0.3) is 10.8 Å². The lowest BCUT2D eigenvalue weighted by atomic mass is 10.1.